The predicted molar refractivity (Wildman–Crippen MR) is 234 cm³/mol. The Kier molecular flexibility index (Phi) is 14.3. The van der Waals surface area contributed by atoms with Gasteiger partial charge in [-0.05, 0) is 129 Å². The van der Waals surface area contributed by atoms with Crippen LogP contribution in [0.4, 0.5) is 0 Å². The zero-order chi connectivity index (χ0) is 48.2. The van der Waals surface area contributed by atoms with E-state index in [1.807, 2.05) is 6.92 Å². The second kappa shape index (κ2) is 18.4. The first-order valence-corrected chi connectivity index (χ1v) is 24.6. The maximum atomic E-state index is 13.6. The number of ketones is 1. The molecule has 10 N–H and O–H groups in total. The highest BCUT2D eigenvalue weighted by molar-refractivity contribution is 5.83. The van der Waals surface area contributed by atoms with Crippen molar-refractivity contribution in [3.8, 4) is 0 Å². The number of allylic oxidation sites excluding steroid dienone is 1. The first kappa shape index (κ1) is 51.1. The highest BCUT2D eigenvalue weighted by atomic mass is 16.8. The summed E-state index contributed by atoms with van der Waals surface area (Å²) in [7, 11) is 0. The van der Waals surface area contributed by atoms with Gasteiger partial charge in [0.25, 0.3) is 0 Å². The number of hydrogen-bond acceptors (Lipinski definition) is 17. The molecule has 5 aliphatic carbocycles. The van der Waals surface area contributed by atoms with E-state index >= 15 is 0 Å². The van der Waals surface area contributed by atoms with Crippen molar-refractivity contribution in [1.82, 2.24) is 0 Å². The lowest BCUT2D eigenvalue weighted by Crippen LogP contribution is -2.68. The molecule has 0 bridgehead atoms. The molecule has 0 aromatic carbocycles. The highest BCUT2D eigenvalue weighted by Gasteiger charge is 2.72. The van der Waals surface area contributed by atoms with Gasteiger partial charge in [0.2, 0.25) is 0 Å². The van der Waals surface area contributed by atoms with Crippen molar-refractivity contribution in [2.45, 2.75) is 211 Å². The lowest BCUT2D eigenvalue weighted by atomic mass is 9.32. The molecular weight excluding hydrogens is 861 g/mol. The van der Waals surface area contributed by atoms with Crippen LogP contribution in [0.25, 0.3) is 0 Å². The van der Waals surface area contributed by atoms with Gasteiger partial charge in [0.1, 0.15) is 79.0 Å². The zero-order valence-electron chi connectivity index (χ0n) is 39.9. The summed E-state index contributed by atoms with van der Waals surface area (Å²) in [5.41, 5.74) is 0.526. The zero-order valence-corrected chi connectivity index (χ0v) is 39.9. The molecule has 378 valence electrons. The molecule has 8 fully saturated rings. The van der Waals surface area contributed by atoms with Gasteiger partial charge in [-0.1, -0.05) is 46.8 Å². The third kappa shape index (κ3) is 7.84. The Hall–Kier alpha value is -1.23. The first-order chi connectivity index (χ1) is 30.9. The van der Waals surface area contributed by atoms with Gasteiger partial charge in [0, 0.05) is 5.41 Å². The molecule has 3 saturated heterocycles. The Bertz CT molecular complexity index is 1760. The molecule has 66 heavy (non-hydrogen) atoms. The van der Waals surface area contributed by atoms with Crippen LogP contribution in [0.3, 0.4) is 0 Å². The Morgan fingerprint density at radius 1 is 0.591 bits per heavy atom. The molecule has 0 aromatic heterocycles. The molecule has 0 aromatic rings. The molecule has 5 saturated carbocycles. The summed E-state index contributed by atoms with van der Waals surface area (Å²) in [6.07, 6.45) is -15.2. The van der Waals surface area contributed by atoms with Gasteiger partial charge in [-0.15, -0.1) is 0 Å². The van der Waals surface area contributed by atoms with Crippen molar-refractivity contribution < 1.29 is 84.3 Å². The number of ether oxygens (including phenoxy) is 6. The van der Waals surface area contributed by atoms with Crippen LogP contribution in [0.1, 0.15) is 113 Å². The van der Waals surface area contributed by atoms with Crippen LogP contribution in [0.2, 0.25) is 0 Å². The number of fused-ring (bicyclic) bond motifs is 7. The summed E-state index contributed by atoms with van der Waals surface area (Å²) >= 11 is 0. The number of rotatable bonds is 11. The van der Waals surface area contributed by atoms with Crippen LogP contribution in [0.5, 0.6) is 0 Å². The van der Waals surface area contributed by atoms with Gasteiger partial charge in [-0.3, -0.25) is 4.79 Å². The minimum Gasteiger partial charge on any atom is -0.394 e. The molecule has 0 unspecified atom stereocenters. The van der Waals surface area contributed by atoms with Crippen molar-refractivity contribution in [3.05, 3.63) is 12.2 Å². The molecule has 8 rings (SSSR count). The average Bonchev–Trinajstić information content (AvgIpc) is 3.68. The Morgan fingerprint density at radius 2 is 1.18 bits per heavy atom. The number of carbonyl (C=O) groups is 1. The van der Waals surface area contributed by atoms with E-state index < -0.39 is 123 Å². The topological polar surface area (TPSA) is 275 Å². The number of aliphatic hydroxyl groups excluding tert-OH is 10. The molecular formula is C49H80O17. The van der Waals surface area contributed by atoms with Gasteiger partial charge in [-0.25, -0.2) is 0 Å². The van der Waals surface area contributed by atoms with Crippen LogP contribution in [-0.2, 0) is 33.2 Å². The maximum Gasteiger partial charge on any atom is 0.187 e. The number of hydrogen-bond donors (Lipinski definition) is 10. The first-order valence-electron chi connectivity index (χ1n) is 24.6. The van der Waals surface area contributed by atoms with E-state index in [4.69, 9.17) is 28.4 Å². The highest BCUT2D eigenvalue weighted by Crippen LogP contribution is 2.77. The molecule has 0 radical (unpaired) electrons. The molecule has 0 spiro atoms. The minimum atomic E-state index is -1.85. The second-order valence-electron chi connectivity index (χ2n) is 23.2. The van der Waals surface area contributed by atoms with Crippen molar-refractivity contribution in [2.75, 3.05) is 19.8 Å². The number of Topliss-reactive ketones (excluding diaryl/α,β-unsaturated/α-hetero) is 1. The van der Waals surface area contributed by atoms with Gasteiger partial charge in [0.05, 0.1) is 25.9 Å². The Balaban J connectivity index is 1.03. The molecule has 8 aliphatic rings. The van der Waals surface area contributed by atoms with Crippen LogP contribution in [0.15, 0.2) is 12.2 Å². The molecule has 25 atom stereocenters. The van der Waals surface area contributed by atoms with E-state index in [2.05, 4.69) is 48.1 Å². The quantitative estimate of drug-likeness (QED) is 0.103. The van der Waals surface area contributed by atoms with Gasteiger partial charge in [0.15, 0.2) is 18.9 Å². The summed E-state index contributed by atoms with van der Waals surface area (Å²) in [6.45, 7) is 18.4. The summed E-state index contributed by atoms with van der Waals surface area (Å²) in [6, 6.07) is 0. The van der Waals surface area contributed by atoms with Crippen LogP contribution < -0.4 is 0 Å². The average molecular weight is 941 g/mol. The van der Waals surface area contributed by atoms with E-state index in [1.54, 1.807) is 0 Å². The second-order valence-corrected chi connectivity index (χ2v) is 23.2. The molecule has 0 amide bonds. The lowest BCUT2D eigenvalue weighted by molar-refractivity contribution is -0.375. The van der Waals surface area contributed by atoms with Crippen LogP contribution in [-0.4, -0.2) is 175 Å². The van der Waals surface area contributed by atoms with E-state index in [0.29, 0.717) is 35.9 Å². The van der Waals surface area contributed by atoms with Crippen molar-refractivity contribution >= 4 is 5.78 Å². The standard InChI is InChI=1S/C49H80O17/c1-22(2)24-11-16-49(23(3)52)18-17-47(7)25(32(24)49)9-10-30-46(6)14-13-31(45(4,5)29(46)12-15-48(30,47)8)65-44-40(60)41(66-43-39(59)37(57)34(54)27(20-51)63-43)35(55)28(64-44)21-61-42-38(58)36(56)33(53)26(19-50)62-42/h24-44,50-51,53-60H,1,9-21H2,2-8H3/t24-,25+,26+,27+,28+,29-,30+,31-,32+,33+,34+,35+,36-,37-,38-,39-,40-,41-,42-,43+,44+,46-,47+,48+,49+/m0/s1. The van der Waals surface area contributed by atoms with Gasteiger partial charge < -0.3 is 79.5 Å². The summed E-state index contributed by atoms with van der Waals surface area (Å²) in [5, 5.41) is 107. The van der Waals surface area contributed by atoms with Crippen molar-refractivity contribution in [1.29, 1.82) is 0 Å². The third-order valence-electron chi connectivity index (χ3n) is 20.1. The largest absolute Gasteiger partial charge is 0.394 e. The maximum absolute atomic E-state index is 13.6. The predicted octanol–water partition coefficient (Wildman–Crippen LogP) is 1.07. The van der Waals surface area contributed by atoms with E-state index in [-0.39, 0.29) is 27.6 Å². The van der Waals surface area contributed by atoms with E-state index in [1.165, 1.54) is 5.57 Å². The third-order valence-corrected chi connectivity index (χ3v) is 20.1. The van der Waals surface area contributed by atoms with E-state index in [0.717, 1.165) is 57.8 Å². The monoisotopic (exact) mass is 941 g/mol. The summed E-state index contributed by atoms with van der Waals surface area (Å²) < 4.78 is 36.1. The normalized spacial score (nSPS) is 54.7. The fourth-order valence-electron chi connectivity index (χ4n) is 16.2. The Labute approximate surface area is 388 Å². The fraction of sp³-hybridized carbons (Fsp3) is 0.939. The lowest BCUT2D eigenvalue weighted by Gasteiger charge is -2.73. The summed E-state index contributed by atoms with van der Waals surface area (Å²) in [4.78, 5) is 13.6. The molecule has 17 nitrogen and oxygen atoms in total. The molecule has 3 aliphatic heterocycles. The van der Waals surface area contributed by atoms with Gasteiger partial charge in [-0.2, -0.15) is 0 Å². The smallest absolute Gasteiger partial charge is 0.187 e. The molecule has 3 heterocycles. The van der Waals surface area contributed by atoms with E-state index in [9.17, 15) is 55.9 Å². The number of carbonyl (C=O) groups excluding carboxylic acids is 1. The van der Waals surface area contributed by atoms with Crippen molar-refractivity contribution in [3.63, 3.8) is 0 Å². The van der Waals surface area contributed by atoms with Crippen LogP contribution in [0, 0.1) is 56.7 Å². The SMILES string of the molecule is C=C(C)[C@@H]1CC[C@]2(C(C)=O)CC[C@]3(C)[C@H](CC[C@@H]4[C@@]5(C)CC[C@H](O[C@H]6O[C@H](CO[C@H]7O[C@H](CO)[C@@H](O)[C@H](O)[C@@H]7O)[C@@H](O)[C@H](O[C@H]7O[C@H](CO)[C@@H](O)[C@H](O)[C@@H]7O)[C@@H]6O)C(C)(C)[C@@H]5CC[C@]43C)[C@@H]12. The molecule has 17 heteroatoms. The van der Waals surface area contributed by atoms with Crippen molar-refractivity contribution in [2.24, 2.45) is 56.7 Å². The number of aliphatic hydroxyl groups is 10. The van der Waals surface area contributed by atoms with Crippen LogP contribution >= 0.6 is 0 Å². The van der Waals surface area contributed by atoms with Gasteiger partial charge >= 0.3 is 0 Å². The Morgan fingerprint density at radius 3 is 1.79 bits per heavy atom. The summed E-state index contributed by atoms with van der Waals surface area (Å²) in [5.74, 6) is 2.10. The fourth-order valence-corrected chi connectivity index (χ4v) is 16.2. The minimum absolute atomic E-state index is 0.0397.